The first-order valence-electron chi connectivity index (χ1n) is 46.5. The van der Waals surface area contributed by atoms with Gasteiger partial charge in [0, 0.05) is 188 Å². The average Bonchev–Trinajstić information content (AvgIpc) is 0.793. The Morgan fingerprint density at radius 2 is 0.771 bits per heavy atom. The number of aliphatic hydroxyl groups is 6. The minimum Gasteiger partial charge on any atom is -0.495 e. The monoisotopic (exact) mass is 1930 g/mol. The number of piperazine rings is 3. The molecule has 9 N–H and O–H groups in total. The van der Waals surface area contributed by atoms with Crippen molar-refractivity contribution in [1.82, 2.24) is 59.3 Å². The fraction of sp³-hybridized carbons (Fsp3) is 0.449. The number of aromatic nitrogens is 6. The molecule has 0 radical (unpaired) electrons. The number of anilines is 9. The van der Waals surface area contributed by atoms with Gasteiger partial charge in [0.1, 0.15) is 76.6 Å². The van der Waals surface area contributed by atoms with Crippen molar-refractivity contribution in [2.75, 3.05) is 222 Å². The third-order valence-electron chi connectivity index (χ3n) is 26.1. The van der Waals surface area contributed by atoms with Crippen molar-refractivity contribution in [3.05, 3.63) is 169 Å². The summed E-state index contributed by atoms with van der Waals surface area (Å²) in [4.78, 5) is 80.9. The molecule has 9 aromatic rings. The van der Waals surface area contributed by atoms with Gasteiger partial charge in [-0.1, -0.05) is 0 Å². The van der Waals surface area contributed by atoms with Gasteiger partial charge in [0.2, 0.25) is 0 Å². The van der Waals surface area contributed by atoms with Gasteiger partial charge in [-0.15, -0.1) is 0 Å². The van der Waals surface area contributed by atoms with Crippen LogP contribution in [0.15, 0.2) is 152 Å². The van der Waals surface area contributed by atoms with E-state index in [1.54, 1.807) is 93.5 Å². The molecule has 1 unspecified atom stereocenters. The Morgan fingerprint density at radius 1 is 0.429 bits per heavy atom. The van der Waals surface area contributed by atoms with E-state index in [1.807, 2.05) is 54.6 Å². The summed E-state index contributed by atoms with van der Waals surface area (Å²) < 4.78 is 105. The van der Waals surface area contributed by atoms with E-state index in [0.29, 0.717) is 69.7 Å². The van der Waals surface area contributed by atoms with Gasteiger partial charge in [-0.25, -0.2) is 47.5 Å². The lowest BCUT2D eigenvalue weighted by molar-refractivity contribution is -0.167. The Bertz CT molecular complexity index is 5680. The number of amides is 3. The molecule has 3 amide bonds. The first-order chi connectivity index (χ1) is 68.0. The van der Waals surface area contributed by atoms with Crippen LogP contribution in [-0.4, -0.2) is 372 Å². The second-order valence-electron chi connectivity index (χ2n) is 35.1. The number of likely N-dealkylation sites (tertiary alicyclic amines) is 3. The van der Waals surface area contributed by atoms with Gasteiger partial charge >= 0.3 is 5.92 Å². The summed E-state index contributed by atoms with van der Waals surface area (Å²) in [6.45, 7) is 12.8. The maximum Gasteiger partial charge on any atom is 0.301 e. The molecule has 38 nitrogen and oxygen atoms in total. The van der Waals surface area contributed by atoms with Gasteiger partial charge in [0.25, 0.3) is 17.7 Å². The van der Waals surface area contributed by atoms with Crippen molar-refractivity contribution in [3.8, 4) is 81.1 Å². The first-order valence-corrected chi connectivity index (χ1v) is 46.5. The molecule has 18 rings (SSSR count). The van der Waals surface area contributed by atoms with Crippen LogP contribution in [0.3, 0.4) is 0 Å². The molecule has 0 saturated carbocycles. The minimum atomic E-state index is -3.45. The number of hydrogen-bond donors (Lipinski definition) is 9. The highest BCUT2D eigenvalue weighted by atomic mass is 19.3. The number of halogens is 4. The number of carbonyl (C=O) groups excluding carboxylic acids is 3. The second-order valence-corrected chi connectivity index (χ2v) is 35.1. The van der Waals surface area contributed by atoms with Gasteiger partial charge in [-0.2, -0.15) is 15.8 Å². The predicted octanol–water partition coefficient (Wildman–Crippen LogP) is 6.17. The number of rotatable bonds is 29. The van der Waals surface area contributed by atoms with Crippen LogP contribution in [-0.2, 0) is 28.6 Å². The molecule has 3 aromatic heterocycles. The summed E-state index contributed by atoms with van der Waals surface area (Å²) in [7, 11) is 3.32. The van der Waals surface area contributed by atoms with E-state index < -0.39 is 99.0 Å². The van der Waals surface area contributed by atoms with Crippen LogP contribution in [0.2, 0.25) is 0 Å². The quantitative estimate of drug-likeness (QED) is 0.0237. The number of piperidine rings is 3. The summed E-state index contributed by atoms with van der Waals surface area (Å²) in [6.07, 6.45) is -6.45. The molecule has 8 atom stereocenters. The molecule has 0 spiro atoms. The number of methoxy groups -OCH3 is 2. The second kappa shape index (κ2) is 46.1. The van der Waals surface area contributed by atoms with E-state index >= 15 is 0 Å². The smallest absolute Gasteiger partial charge is 0.301 e. The van der Waals surface area contributed by atoms with Crippen molar-refractivity contribution in [2.24, 2.45) is 0 Å². The van der Waals surface area contributed by atoms with Crippen molar-refractivity contribution < 1.29 is 100 Å². The highest BCUT2D eigenvalue weighted by molar-refractivity contribution is 5.82. The Labute approximate surface area is 805 Å². The molecule has 0 aliphatic carbocycles. The molecule has 9 fully saturated rings. The number of nitrogens with zero attached hydrogens (tertiary/aromatic N) is 18. The summed E-state index contributed by atoms with van der Waals surface area (Å²) in [5.41, 5.74) is 7.72. The molecule has 0 bridgehead atoms. The normalized spacial score (nSPS) is 20.9. The third-order valence-corrected chi connectivity index (χ3v) is 26.1. The molecule has 140 heavy (non-hydrogen) atoms. The highest BCUT2D eigenvalue weighted by Gasteiger charge is 2.49. The predicted molar refractivity (Wildman–Crippen MR) is 505 cm³/mol. The van der Waals surface area contributed by atoms with E-state index in [0.717, 1.165) is 179 Å². The van der Waals surface area contributed by atoms with E-state index in [4.69, 9.17) is 53.2 Å². The summed E-state index contributed by atoms with van der Waals surface area (Å²) in [6, 6.07) is 47.4. The number of aliphatic hydroxyl groups excluding tert-OH is 6. The largest absolute Gasteiger partial charge is 0.495 e. The Morgan fingerprint density at radius 3 is 1.11 bits per heavy atom. The number of ether oxygens (including phenoxy) is 8. The van der Waals surface area contributed by atoms with Gasteiger partial charge in [-0.3, -0.25) is 29.1 Å². The lowest BCUT2D eigenvalue weighted by Gasteiger charge is -2.43. The first kappa shape index (κ1) is 99.5. The van der Waals surface area contributed by atoms with Crippen molar-refractivity contribution >= 4 is 69.3 Å². The molecule has 12 heterocycles. The van der Waals surface area contributed by atoms with E-state index in [-0.39, 0.29) is 85.9 Å². The molecule has 9 aliphatic rings. The zero-order valence-electron chi connectivity index (χ0n) is 77.2. The molecule has 6 aromatic carbocycles. The van der Waals surface area contributed by atoms with Crippen LogP contribution in [0.1, 0.15) is 36.0 Å². The van der Waals surface area contributed by atoms with E-state index in [1.165, 1.54) is 12.1 Å². The van der Waals surface area contributed by atoms with E-state index in [9.17, 15) is 63.1 Å². The topological polar surface area (TPSA) is 460 Å². The Hall–Kier alpha value is -13.5. The Kier molecular flexibility index (Phi) is 32.7. The molecular formula is C98H111F4N21O17. The molecular weight excluding hydrogens is 1820 g/mol. The molecule has 9 aliphatic heterocycles. The SMILES string of the molecule is COc1cc(Nc2ccnc(-c3ccc(O[C@H]4CCN(C(=O)[C@@H](O)CO)C[C@H]4F)c(C#N)c3)n2)ccc1N1CCN(C2COC2)CC1.COc1cc(Nc2ccnc(-c3ccc(O[C@H]4CCN(C(=O)[C@H](O)CO)C[C@H]4F)c(C#N)c3)n2)ccc1N1CCN(C2COC2)CC1.N#Cc1cc(-c2nccc(Nc3ccc(N4CCN(C5COC5)CC4)cc3)n2)ccc1O[C@H]1CCN(C(=O)C(O)CO)CC1(F)F. The van der Waals surface area contributed by atoms with Crippen LogP contribution in [0.25, 0.3) is 34.2 Å². The number of alkyl halides is 4. The lowest BCUT2D eigenvalue weighted by atomic mass is 10.0. The number of nitriles is 3. The van der Waals surface area contributed by atoms with Crippen LogP contribution in [0.5, 0.6) is 28.7 Å². The number of carbonyl (C=O) groups is 3. The van der Waals surface area contributed by atoms with Gasteiger partial charge in [-0.05, 0) is 121 Å². The maximum atomic E-state index is 14.9. The standard InChI is InChI=1S/2C33H38FN7O6.C32H35F2N7O5/c2*1-45-30-15-23(3-4-26(30)40-12-10-39(11-13-40)24-19-46-20-24)37-31-6-8-36-32(38-31)21-2-5-28(22(14-21)16-35)47-29-7-9-41(17-25(29)34)33(44)27(43)18-42;33-32(34)20-41(31(44)26(43)17-42)10-8-28(32)46-27-6-1-21(15-22(27)16-35)30-36-9-7-29(38-30)37-23-2-4-24(5-3-23)39-11-13-40(14-12-39)25-18-45-19-25/h2*2-6,8,14-15,24-25,27,29,42-43H,7,9-13,17-20H2,1H3,(H,36,37,38);1-7,9,15,25-26,28,42-43H,8,10-14,17-20H2,(H,36,37,38)/t25-,27+,29+;25-,27-,29+;26?,28-/m110/s1. The van der Waals surface area contributed by atoms with E-state index in [2.05, 4.69) is 99.5 Å². The zero-order chi connectivity index (χ0) is 98.1. The number of nitrogens with one attached hydrogen (secondary N) is 3. The van der Waals surface area contributed by atoms with Gasteiger partial charge < -0.3 is 114 Å². The lowest BCUT2D eigenvalue weighted by Crippen LogP contribution is -2.57. The fourth-order valence-electron chi connectivity index (χ4n) is 17.8. The van der Waals surface area contributed by atoms with Crippen LogP contribution in [0.4, 0.5) is 69.1 Å². The summed E-state index contributed by atoms with van der Waals surface area (Å²) in [5.74, 6) is -1.23. The summed E-state index contributed by atoms with van der Waals surface area (Å²) >= 11 is 0. The summed E-state index contributed by atoms with van der Waals surface area (Å²) in [5, 5.41) is 95.1. The van der Waals surface area contributed by atoms with Crippen molar-refractivity contribution in [1.29, 1.82) is 15.8 Å². The fourth-order valence-corrected chi connectivity index (χ4v) is 17.8. The van der Waals surface area contributed by atoms with Crippen LogP contribution < -0.4 is 54.3 Å². The highest BCUT2D eigenvalue weighted by Crippen LogP contribution is 2.40. The van der Waals surface area contributed by atoms with Crippen molar-refractivity contribution in [3.63, 3.8) is 0 Å². The molecule has 9 saturated heterocycles. The van der Waals surface area contributed by atoms with Crippen LogP contribution >= 0.6 is 0 Å². The Balaban J connectivity index is 0.000000151. The van der Waals surface area contributed by atoms with Crippen LogP contribution in [0, 0.1) is 34.0 Å². The zero-order valence-corrected chi connectivity index (χ0v) is 77.2. The third kappa shape index (κ3) is 24.0. The maximum absolute atomic E-state index is 14.9. The molecule has 738 valence electrons. The van der Waals surface area contributed by atoms with Gasteiger partial charge in [0.15, 0.2) is 54.2 Å². The average molecular weight is 1930 g/mol. The number of hydrogen-bond acceptors (Lipinski definition) is 35. The van der Waals surface area contributed by atoms with Gasteiger partial charge in [0.05, 0.1) is 140 Å². The number of benzene rings is 6. The minimum absolute atomic E-state index is 0.0288. The molecule has 42 heteroatoms. The van der Waals surface area contributed by atoms with Crippen molar-refractivity contribution in [2.45, 2.75) is 92.3 Å².